The van der Waals surface area contributed by atoms with Crippen LogP contribution in [0.25, 0.3) is 0 Å². The lowest BCUT2D eigenvalue weighted by molar-refractivity contribution is 0.131. The predicted octanol–water partition coefficient (Wildman–Crippen LogP) is 1.57. The number of ether oxygens (including phenoxy) is 1. The summed E-state index contributed by atoms with van der Waals surface area (Å²) in [7, 11) is 0. The van der Waals surface area contributed by atoms with Gasteiger partial charge in [0.05, 0.1) is 13.2 Å². The van der Waals surface area contributed by atoms with Crippen molar-refractivity contribution in [3.63, 3.8) is 0 Å². The molecule has 0 radical (unpaired) electrons. The largest absolute Gasteiger partial charge is 0.396 e. The van der Waals surface area contributed by atoms with Crippen molar-refractivity contribution in [2.45, 2.75) is 26.2 Å². The van der Waals surface area contributed by atoms with Crippen LogP contribution in [-0.2, 0) is 11.2 Å². The Bertz CT molecular complexity index is 470. The molecule has 1 fully saturated rings. The summed E-state index contributed by atoms with van der Waals surface area (Å²) in [6.45, 7) is 6.09. The number of aliphatic hydroxyl groups is 1. The Hall–Kier alpha value is -1.59. The summed E-state index contributed by atoms with van der Waals surface area (Å²) >= 11 is 0. The number of hydrogen-bond acceptors (Lipinski definition) is 3. The van der Waals surface area contributed by atoms with Gasteiger partial charge >= 0.3 is 0 Å². The average molecular weight is 319 g/mol. The highest BCUT2D eigenvalue weighted by atomic mass is 16.5. The van der Waals surface area contributed by atoms with E-state index in [1.54, 1.807) is 0 Å². The van der Waals surface area contributed by atoms with Gasteiger partial charge in [0.15, 0.2) is 5.96 Å². The monoisotopic (exact) mass is 319 g/mol. The van der Waals surface area contributed by atoms with E-state index in [-0.39, 0.29) is 12.0 Å². The van der Waals surface area contributed by atoms with Crippen LogP contribution in [0.15, 0.2) is 35.3 Å². The van der Waals surface area contributed by atoms with Crippen LogP contribution in [0.3, 0.4) is 0 Å². The molecule has 0 aromatic heterocycles. The number of aliphatic hydroxyl groups excluding tert-OH is 1. The summed E-state index contributed by atoms with van der Waals surface area (Å²) in [6.07, 6.45) is 2.69. The summed E-state index contributed by atoms with van der Waals surface area (Å²) < 4.78 is 5.52. The molecule has 1 aliphatic heterocycles. The van der Waals surface area contributed by atoms with Crippen LogP contribution in [0.1, 0.15) is 25.3 Å². The summed E-state index contributed by atoms with van der Waals surface area (Å²) in [5.41, 5.74) is 1.31. The lowest BCUT2D eigenvalue weighted by Crippen LogP contribution is -2.39. The van der Waals surface area contributed by atoms with Gasteiger partial charge in [0, 0.05) is 31.7 Å². The third-order valence-electron chi connectivity index (χ3n) is 4.29. The minimum absolute atomic E-state index is 0.00344. The number of guanidine groups is 1. The Balaban J connectivity index is 1.86. The first-order valence-corrected chi connectivity index (χ1v) is 8.53. The van der Waals surface area contributed by atoms with Gasteiger partial charge in [-0.25, -0.2) is 0 Å². The highest BCUT2D eigenvalue weighted by Gasteiger charge is 2.34. The molecule has 1 unspecified atom stereocenters. The van der Waals surface area contributed by atoms with E-state index in [0.717, 1.165) is 44.9 Å². The van der Waals surface area contributed by atoms with E-state index < -0.39 is 0 Å². The average Bonchev–Trinajstić information content (AvgIpc) is 3.03. The third-order valence-corrected chi connectivity index (χ3v) is 4.29. The molecule has 1 atom stereocenters. The standard InChI is InChI=1S/C18H29N3O2/c1-2-19-17(20-11-8-16-6-4-3-5-7-16)21-14-18(9-12-22)10-13-23-15-18/h3-7,22H,2,8-15H2,1H3,(H2,19,20,21). The van der Waals surface area contributed by atoms with Crippen molar-refractivity contribution in [2.24, 2.45) is 10.4 Å². The highest BCUT2D eigenvalue weighted by molar-refractivity contribution is 5.79. The smallest absolute Gasteiger partial charge is 0.191 e. The molecule has 2 rings (SSSR count). The van der Waals surface area contributed by atoms with Crippen molar-refractivity contribution in [1.82, 2.24) is 10.6 Å². The number of hydrogen-bond donors (Lipinski definition) is 3. The first-order chi connectivity index (χ1) is 11.3. The summed E-state index contributed by atoms with van der Waals surface area (Å²) in [5.74, 6) is 0.840. The molecule has 1 aromatic rings. The first kappa shape index (κ1) is 17.8. The lowest BCUT2D eigenvalue weighted by Gasteiger charge is -2.24. The van der Waals surface area contributed by atoms with E-state index in [2.05, 4.69) is 41.8 Å². The Morgan fingerprint density at radius 2 is 2.13 bits per heavy atom. The Labute approximate surface area is 139 Å². The van der Waals surface area contributed by atoms with Crippen LogP contribution >= 0.6 is 0 Å². The lowest BCUT2D eigenvalue weighted by atomic mass is 9.84. The van der Waals surface area contributed by atoms with Crippen LogP contribution < -0.4 is 10.6 Å². The van der Waals surface area contributed by atoms with Gasteiger partial charge in [-0.3, -0.25) is 4.99 Å². The van der Waals surface area contributed by atoms with E-state index in [1.807, 2.05) is 6.07 Å². The summed E-state index contributed by atoms with van der Waals surface area (Å²) in [6, 6.07) is 10.4. The highest BCUT2D eigenvalue weighted by Crippen LogP contribution is 2.32. The van der Waals surface area contributed by atoms with Gasteiger partial charge in [-0.1, -0.05) is 30.3 Å². The second-order valence-corrected chi connectivity index (χ2v) is 6.13. The Kier molecular flexibility index (Phi) is 7.36. The first-order valence-electron chi connectivity index (χ1n) is 8.53. The van der Waals surface area contributed by atoms with E-state index in [4.69, 9.17) is 9.73 Å². The molecule has 0 aliphatic carbocycles. The van der Waals surface area contributed by atoms with Crippen LogP contribution in [0.5, 0.6) is 0 Å². The van der Waals surface area contributed by atoms with Crippen molar-refractivity contribution < 1.29 is 9.84 Å². The van der Waals surface area contributed by atoms with E-state index in [1.165, 1.54) is 5.56 Å². The maximum Gasteiger partial charge on any atom is 0.191 e. The van der Waals surface area contributed by atoms with Crippen molar-refractivity contribution in [2.75, 3.05) is 39.5 Å². The number of rotatable bonds is 8. The molecule has 0 amide bonds. The fourth-order valence-corrected chi connectivity index (χ4v) is 2.85. The third kappa shape index (κ3) is 5.84. The molecule has 3 N–H and O–H groups in total. The molecule has 0 saturated carbocycles. The van der Waals surface area contributed by atoms with Crippen LogP contribution in [0.4, 0.5) is 0 Å². The molecule has 5 heteroatoms. The second kappa shape index (κ2) is 9.53. The van der Waals surface area contributed by atoms with Crippen LogP contribution in [-0.4, -0.2) is 50.5 Å². The van der Waals surface area contributed by atoms with E-state index >= 15 is 0 Å². The van der Waals surface area contributed by atoms with Crippen molar-refractivity contribution in [1.29, 1.82) is 0 Å². The van der Waals surface area contributed by atoms with Gasteiger partial charge in [-0.2, -0.15) is 0 Å². The van der Waals surface area contributed by atoms with Gasteiger partial charge < -0.3 is 20.5 Å². The maximum atomic E-state index is 9.29. The molecular formula is C18H29N3O2. The minimum atomic E-state index is -0.00344. The Morgan fingerprint density at radius 1 is 1.30 bits per heavy atom. The zero-order chi connectivity index (χ0) is 16.4. The van der Waals surface area contributed by atoms with Gasteiger partial charge in [-0.05, 0) is 31.7 Å². The number of nitrogens with one attached hydrogen (secondary N) is 2. The molecule has 23 heavy (non-hydrogen) atoms. The van der Waals surface area contributed by atoms with E-state index in [9.17, 15) is 5.11 Å². The molecule has 1 saturated heterocycles. The van der Waals surface area contributed by atoms with Crippen molar-refractivity contribution >= 4 is 5.96 Å². The predicted molar refractivity (Wildman–Crippen MR) is 93.7 cm³/mol. The maximum absolute atomic E-state index is 9.29. The molecule has 1 aromatic carbocycles. The Morgan fingerprint density at radius 3 is 2.78 bits per heavy atom. The topological polar surface area (TPSA) is 65.9 Å². The fraction of sp³-hybridized carbons (Fsp3) is 0.611. The molecular weight excluding hydrogens is 290 g/mol. The zero-order valence-electron chi connectivity index (χ0n) is 14.1. The molecule has 1 aliphatic rings. The van der Waals surface area contributed by atoms with Crippen LogP contribution in [0, 0.1) is 5.41 Å². The molecule has 0 spiro atoms. The number of aliphatic imine (C=N–C) groups is 1. The molecule has 5 nitrogen and oxygen atoms in total. The van der Waals surface area contributed by atoms with Crippen LogP contribution in [0.2, 0.25) is 0 Å². The van der Waals surface area contributed by atoms with Gasteiger partial charge in [0.1, 0.15) is 0 Å². The van der Waals surface area contributed by atoms with Gasteiger partial charge in [0.25, 0.3) is 0 Å². The van der Waals surface area contributed by atoms with Gasteiger partial charge in [0.2, 0.25) is 0 Å². The quantitative estimate of drug-likeness (QED) is 0.503. The SMILES string of the molecule is CCNC(=NCC1(CCO)CCOC1)NCCc1ccccc1. The normalized spacial score (nSPS) is 21.4. The minimum Gasteiger partial charge on any atom is -0.396 e. The summed E-state index contributed by atoms with van der Waals surface area (Å²) in [4.78, 5) is 4.72. The molecule has 128 valence electrons. The zero-order valence-corrected chi connectivity index (χ0v) is 14.1. The van der Waals surface area contributed by atoms with Crippen molar-refractivity contribution in [3.8, 4) is 0 Å². The fourth-order valence-electron chi connectivity index (χ4n) is 2.85. The number of nitrogens with zero attached hydrogens (tertiary/aromatic N) is 1. The van der Waals surface area contributed by atoms with Gasteiger partial charge in [-0.15, -0.1) is 0 Å². The second-order valence-electron chi connectivity index (χ2n) is 6.13. The molecule has 0 bridgehead atoms. The number of benzene rings is 1. The molecule has 1 heterocycles. The van der Waals surface area contributed by atoms with Crippen molar-refractivity contribution in [3.05, 3.63) is 35.9 Å². The van der Waals surface area contributed by atoms with E-state index in [0.29, 0.717) is 13.2 Å². The summed E-state index contributed by atoms with van der Waals surface area (Å²) in [5, 5.41) is 16.0.